The summed E-state index contributed by atoms with van der Waals surface area (Å²) >= 11 is 1.14. The first-order valence-electron chi connectivity index (χ1n) is 8.47. The molecule has 2 aromatic rings. The minimum Gasteiger partial charge on any atom is -0.323 e. The van der Waals surface area contributed by atoms with Crippen molar-refractivity contribution in [3.05, 3.63) is 38.8 Å². The fourth-order valence-electron chi connectivity index (χ4n) is 2.52. The zero-order valence-electron chi connectivity index (χ0n) is 14.9. The Hall–Kier alpha value is -2.47. The number of hydrogen-bond acceptors (Lipinski definition) is 6. The Morgan fingerprint density at radius 2 is 2.22 bits per heavy atom. The molecule has 3 rings (SSSR count). The van der Waals surface area contributed by atoms with Gasteiger partial charge in [-0.05, 0) is 32.3 Å². The minimum absolute atomic E-state index is 0.00864. The lowest BCUT2D eigenvalue weighted by molar-refractivity contribution is 0.243. The minimum atomic E-state index is -4.34. The molecule has 1 saturated carbocycles. The van der Waals surface area contributed by atoms with Crippen molar-refractivity contribution < 1.29 is 13.2 Å². The molecule has 0 saturated heterocycles. The van der Waals surface area contributed by atoms with Crippen LogP contribution in [-0.2, 0) is 16.8 Å². The van der Waals surface area contributed by atoms with Crippen molar-refractivity contribution in [2.24, 2.45) is 4.40 Å². The summed E-state index contributed by atoms with van der Waals surface area (Å²) in [4.78, 5) is 25.1. The molecule has 1 aliphatic rings. The van der Waals surface area contributed by atoms with E-state index in [9.17, 15) is 18.0 Å². The Morgan fingerprint density at radius 3 is 2.85 bits per heavy atom. The summed E-state index contributed by atoms with van der Waals surface area (Å²) in [6.07, 6.45) is 7.45. The Kier molecular flexibility index (Phi) is 5.46. The molecule has 0 bridgehead atoms. The van der Waals surface area contributed by atoms with Crippen molar-refractivity contribution in [1.29, 1.82) is 0 Å². The molecule has 1 N–H and O–H groups in total. The smallest absolute Gasteiger partial charge is 0.323 e. The van der Waals surface area contributed by atoms with Crippen molar-refractivity contribution in [3.63, 3.8) is 0 Å². The van der Waals surface area contributed by atoms with Crippen LogP contribution in [-0.4, -0.2) is 33.4 Å². The quantitative estimate of drug-likeness (QED) is 0.761. The molecule has 27 heavy (non-hydrogen) atoms. The van der Waals surface area contributed by atoms with E-state index in [1.165, 1.54) is 4.57 Å². The van der Waals surface area contributed by atoms with Crippen molar-refractivity contribution in [1.82, 2.24) is 23.6 Å². The van der Waals surface area contributed by atoms with Crippen LogP contribution in [0.2, 0.25) is 0 Å². The van der Waals surface area contributed by atoms with Gasteiger partial charge in [-0.15, -0.1) is 25.5 Å². The van der Waals surface area contributed by atoms with Crippen LogP contribution in [0.15, 0.2) is 26.8 Å². The van der Waals surface area contributed by atoms with Gasteiger partial charge in [-0.3, -0.25) is 4.57 Å². The molecule has 2 aromatic heterocycles. The molecular formula is C15H20N6O4S2. The highest BCUT2D eigenvalue weighted by Gasteiger charge is 2.31. The molecule has 12 heteroatoms. The summed E-state index contributed by atoms with van der Waals surface area (Å²) in [6.45, 7) is 4.32. The summed E-state index contributed by atoms with van der Waals surface area (Å²) in [5.41, 5.74) is -0.671. The summed E-state index contributed by atoms with van der Waals surface area (Å²) in [6, 6.07) is -1.17. The normalized spacial score (nSPS) is 15.6. The number of nitrogens with zero attached hydrogens (tertiary/aromatic N) is 5. The lowest BCUT2D eigenvalue weighted by atomic mass is 10.5. The van der Waals surface area contributed by atoms with Gasteiger partial charge in [0.2, 0.25) is 4.80 Å². The number of aryl methyl sites for hydroxylation is 1. The highest BCUT2D eigenvalue weighted by molar-refractivity contribution is 7.88. The molecule has 2 heterocycles. The summed E-state index contributed by atoms with van der Waals surface area (Å²) in [5.74, 6) is 0.313. The van der Waals surface area contributed by atoms with E-state index in [0.29, 0.717) is 17.1 Å². The Balaban J connectivity index is 1.90. The van der Waals surface area contributed by atoms with E-state index in [4.69, 9.17) is 0 Å². The third-order valence-corrected chi connectivity index (χ3v) is 5.55. The first-order valence-corrected chi connectivity index (χ1v) is 10.8. The van der Waals surface area contributed by atoms with E-state index in [0.717, 1.165) is 30.6 Å². The fraction of sp³-hybridized carbons (Fsp3) is 0.467. The molecule has 0 aliphatic heterocycles. The molecule has 0 atom stereocenters. The van der Waals surface area contributed by atoms with E-state index in [1.54, 1.807) is 39.9 Å². The molecular weight excluding hydrogens is 392 g/mol. The van der Waals surface area contributed by atoms with Crippen LogP contribution in [0.5, 0.6) is 0 Å². The van der Waals surface area contributed by atoms with Gasteiger partial charge >= 0.3 is 21.9 Å². The maximum Gasteiger partial charge on any atom is 0.361 e. The molecule has 0 spiro atoms. The third-order valence-electron chi connectivity index (χ3n) is 3.80. The summed E-state index contributed by atoms with van der Waals surface area (Å²) in [5, 5.41) is 5.65. The highest BCUT2D eigenvalue weighted by atomic mass is 32.2. The molecule has 0 aromatic carbocycles. The SMILES string of the molecule is CC=Cc1nn(C(=O)NS(=O)(=O)N=c2sccn2CCC)c(=O)n1C1CC1. The Labute approximate surface area is 159 Å². The Bertz CT molecular complexity index is 1100. The largest absolute Gasteiger partial charge is 0.361 e. The number of carbonyl (C=O) groups is 1. The first-order chi connectivity index (χ1) is 12.9. The number of aromatic nitrogens is 4. The van der Waals surface area contributed by atoms with Crippen molar-refractivity contribution in [2.75, 3.05) is 0 Å². The van der Waals surface area contributed by atoms with Gasteiger partial charge < -0.3 is 4.57 Å². The maximum absolute atomic E-state index is 12.5. The van der Waals surface area contributed by atoms with Crippen LogP contribution in [0.3, 0.4) is 0 Å². The Morgan fingerprint density at radius 1 is 1.48 bits per heavy atom. The van der Waals surface area contributed by atoms with E-state index in [1.807, 2.05) is 6.92 Å². The van der Waals surface area contributed by atoms with Gasteiger partial charge in [0.1, 0.15) is 0 Å². The third kappa shape index (κ3) is 4.27. The van der Waals surface area contributed by atoms with E-state index < -0.39 is 21.9 Å². The molecule has 0 radical (unpaired) electrons. The zero-order chi connectivity index (χ0) is 19.6. The first kappa shape index (κ1) is 19.3. The lowest BCUT2D eigenvalue weighted by Gasteiger charge is -2.02. The van der Waals surface area contributed by atoms with E-state index in [2.05, 4.69) is 9.50 Å². The van der Waals surface area contributed by atoms with Crippen LogP contribution in [0, 0.1) is 0 Å². The monoisotopic (exact) mass is 412 g/mol. The van der Waals surface area contributed by atoms with Gasteiger partial charge in [0.25, 0.3) is 0 Å². The molecule has 0 unspecified atom stereocenters. The number of thiazole rings is 1. The number of rotatable bonds is 6. The molecule has 10 nitrogen and oxygen atoms in total. The van der Waals surface area contributed by atoms with Gasteiger partial charge in [0.15, 0.2) is 5.82 Å². The lowest BCUT2D eigenvalue weighted by Crippen LogP contribution is -2.40. The van der Waals surface area contributed by atoms with Crippen LogP contribution in [0.25, 0.3) is 6.08 Å². The predicted octanol–water partition coefficient (Wildman–Crippen LogP) is 1.09. The molecule has 146 valence electrons. The number of amides is 1. The number of allylic oxidation sites excluding steroid dienone is 1. The van der Waals surface area contributed by atoms with Gasteiger partial charge in [-0.25, -0.2) is 14.3 Å². The molecule has 1 fully saturated rings. The van der Waals surface area contributed by atoms with Gasteiger partial charge in [-0.2, -0.15) is 8.42 Å². The fourth-order valence-corrected chi connectivity index (χ4v) is 4.27. The second kappa shape index (κ2) is 7.64. The highest BCUT2D eigenvalue weighted by Crippen LogP contribution is 2.34. The molecule has 1 amide bonds. The zero-order valence-corrected chi connectivity index (χ0v) is 16.5. The van der Waals surface area contributed by atoms with Crippen LogP contribution < -0.4 is 15.2 Å². The second-order valence-electron chi connectivity index (χ2n) is 6.01. The van der Waals surface area contributed by atoms with Gasteiger partial charge in [0.05, 0.1) is 0 Å². The topological polar surface area (TPSA) is 120 Å². The van der Waals surface area contributed by atoms with E-state index in [-0.39, 0.29) is 10.8 Å². The van der Waals surface area contributed by atoms with Crippen molar-refractivity contribution in [2.45, 2.75) is 45.7 Å². The van der Waals surface area contributed by atoms with Crippen LogP contribution in [0.1, 0.15) is 45.0 Å². The van der Waals surface area contributed by atoms with Crippen molar-refractivity contribution in [3.8, 4) is 0 Å². The average Bonchev–Trinajstić information content (AvgIpc) is 3.25. The van der Waals surface area contributed by atoms with Crippen LogP contribution >= 0.6 is 11.3 Å². The van der Waals surface area contributed by atoms with Gasteiger partial charge in [0, 0.05) is 24.2 Å². The number of nitrogens with one attached hydrogen (secondary N) is 1. The summed E-state index contributed by atoms with van der Waals surface area (Å²) in [7, 11) is -4.34. The number of hydrogen-bond donors (Lipinski definition) is 1. The van der Waals surface area contributed by atoms with Crippen molar-refractivity contribution >= 4 is 33.7 Å². The van der Waals surface area contributed by atoms with E-state index >= 15 is 0 Å². The predicted molar refractivity (Wildman–Crippen MR) is 100 cm³/mol. The maximum atomic E-state index is 12.5. The summed E-state index contributed by atoms with van der Waals surface area (Å²) < 4.78 is 33.5. The number of carbonyl (C=O) groups excluding carboxylic acids is 1. The average molecular weight is 412 g/mol. The standard InChI is InChI=1S/C15H20N6O4S2/c1-3-5-12-16-21(15(23)20(12)11-6-7-11)13(22)17-27(24,25)18-14-19(8-4-2)9-10-26-14/h3,5,9-11H,4,6-8H2,1-2H3,(H,17,22). The van der Waals surface area contributed by atoms with Crippen LogP contribution in [0.4, 0.5) is 4.79 Å². The van der Waals surface area contributed by atoms with Gasteiger partial charge in [-0.1, -0.05) is 13.0 Å². The molecule has 1 aliphatic carbocycles. The second-order valence-corrected chi connectivity index (χ2v) is 8.22.